The van der Waals surface area contributed by atoms with Crippen molar-refractivity contribution in [2.75, 3.05) is 18.8 Å². The van der Waals surface area contributed by atoms with Crippen molar-refractivity contribution >= 4 is 15.7 Å². The molecule has 0 aliphatic carbocycles. The maximum atomic E-state index is 12.5. The smallest absolute Gasteiger partial charge is 0.253 e. The summed E-state index contributed by atoms with van der Waals surface area (Å²) in [6, 6.07) is 8.45. The van der Waals surface area contributed by atoms with Crippen molar-refractivity contribution < 1.29 is 13.2 Å². The maximum Gasteiger partial charge on any atom is 0.253 e. The zero-order valence-electron chi connectivity index (χ0n) is 13.5. The Bertz CT molecular complexity index is 702. The van der Waals surface area contributed by atoms with Crippen molar-refractivity contribution in [3.8, 4) is 6.07 Å². The summed E-state index contributed by atoms with van der Waals surface area (Å²) >= 11 is 0. The van der Waals surface area contributed by atoms with Crippen LogP contribution in [0.2, 0.25) is 0 Å². The van der Waals surface area contributed by atoms with Crippen molar-refractivity contribution in [1.82, 2.24) is 4.90 Å². The Morgan fingerprint density at radius 3 is 2.57 bits per heavy atom. The highest BCUT2D eigenvalue weighted by Gasteiger charge is 2.33. The first-order valence-corrected chi connectivity index (χ1v) is 9.56. The van der Waals surface area contributed by atoms with Gasteiger partial charge in [0.05, 0.1) is 22.6 Å². The third-order valence-electron chi connectivity index (χ3n) is 4.00. The zero-order valence-corrected chi connectivity index (χ0v) is 14.3. The minimum absolute atomic E-state index is 0.0876. The van der Waals surface area contributed by atoms with E-state index in [0.717, 1.165) is 0 Å². The third kappa shape index (κ3) is 4.32. The molecule has 0 N–H and O–H groups in total. The molecule has 5 nitrogen and oxygen atoms in total. The largest absolute Gasteiger partial charge is 0.337 e. The van der Waals surface area contributed by atoms with Gasteiger partial charge in [0.15, 0.2) is 9.84 Å². The van der Waals surface area contributed by atoms with E-state index in [0.29, 0.717) is 30.5 Å². The summed E-state index contributed by atoms with van der Waals surface area (Å²) in [5.41, 5.74) is 0.989. The average Bonchev–Trinajstić information content (AvgIpc) is 2.53. The number of hydrogen-bond donors (Lipinski definition) is 0. The summed E-state index contributed by atoms with van der Waals surface area (Å²) in [6.07, 6.45) is 1.32. The lowest BCUT2D eigenvalue weighted by Gasteiger charge is -2.33. The van der Waals surface area contributed by atoms with Crippen molar-refractivity contribution in [3.05, 3.63) is 35.4 Å². The summed E-state index contributed by atoms with van der Waals surface area (Å²) in [5.74, 6) is 0.0832. The van der Waals surface area contributed by atoms with Crippen LogP contribution in [0.15, 0.2) is 24.3 Å². The Labute approximate surface area is 137 Å². The second-order valence-corrected chi connectivity index (χ2v) is 8.75. The van der Waals surface area contributed by atoms with E-state index in [1.807, 2.05) is 19.9 Å². The van der Waals surface area contributed by atoms with Crippen molar-refractivity contribution in [1.29, 1.82) is 5.26 Å². The van der Waals surface area contributed by atoms with Gasteiger partial charge in [-0.05, 0) is 43.0 Å². The van der Waals surface area contributed by atoms with Crippen molar-refractivity contribution in [2.45, 2.75) is 31.9 Å². The Hall–Kier alpha value is -1.87. The van der Waals surface area contributed by atoms with Crippen LogP contribution < -0.4 is 0 Å². The van der Waals surface area contributed by atoms with Crippen LogP contribution in [-0.2, 0) is 9.84 Å². The van der Waals surface area contributed by atoms with E-state index in [1.54, 1.807) is 29.2 Å². The van der Waals surface area contributed by atoms with Gasteiger partial charge >= 0.3 is 0 Å². The number of nitriles is 1. The summed E-state index contributed by atoms with van der Waals surface area (Å²) in [5, 5.41) is 8.33. The molecule has 2 rings (SSSR count). The number of piperidine rings is 1. The van der Waals surface area contributed by atoms with Crippen LogP contribution in [0.5, 0.6) is 0 Å². The molecule has 0 unspecified atom stereocenters. The van der Waals surface area contributed by atoms with E-state index < -0.39 is 15.1 Å². The van der Waals surface area contributed by atoms with Gasteiger partial charge in [-0.1, -0.05) is 13.8 Å². The number of carbonyl (C=O) groups excluding carboxylic acids is 1. The molecule has 1 aliphatic heterocycles. The van der Waals surface area contributed by atoms with Crippen LogP contribution >= 0.6 is 0 Å². The van der Waals surface area contributed by atoms with Crippen LogP contribution in [0, 0.1) is 17.2 Å². The minimum Gasteiger partial charge on any atom is -0.337 e. The molecule has 1 aromatic carbocycles. The molecule has 0 radical (unpaired) electrons. The first kappa shape index (κ1) is 17.5. The second kappa shape index (κ2) is 7.14. The summed E-state index contributed by atoms with van der Waals surface area (Å²) in [6.45, 7) is 4.61. The van der Waals surface area contributed by atoms with Gasteiger partial charge in [0.1, 0.15) is 0 Å². The number of nitrogens with zero attached hydrogens (tertiary/aromatic N) is 2. The van der Waals surface area contributed by atoms with Crippen molar-refractivity contribution in [2.24, 2.45) is 5.92 Å². The summed E-state index contributed by atoms with van der Waals surface area (Å²) < 4.78 is 24.8. The molecule has 6 heteroatoms. The number of hydrogen-bond acceptors (Lipinski definition) is 4. The molecule has 0 saturated carbocycles. The van der Waals surface area contributed by atoms with Gasteiger partial charge < -0.3 is 4.90 Å². The molecule has 1 aromatic rings. The quantitative estimate of drug-likeness (QED) is 0.846. The lowest BCUT2D eigenvalue weighted by atomic mass is 10.1. The molecule has 1 aliphatic rings. The van der Waals surface area contributed by atoms with Gasteiger partial charge in [-0.3, -0.25) is 4.79 Å². The van der Waals surface area contributed by atoms with E-state index in [2.05, 4.69) is 0 Å². The van der Waals surface area contributed by atoms with E-state index in [-0.39, 0.29) is 24.1 Å². The van der Waals surface area contributed by atoms with Gasteiger partial charge in [-0.25, -0.2) is 8.42 Å². The highest BCUT2D eigenvalue weighted by atomic mass is 32.2. The molecule has 1 amide bonds. The lowest BCUT2D eigenvalue weighted by Crippen LogP contribution is -2.46. The number of amides is 1. The fraction of sp³-hybridized carbons (Fsp3) is 0.529. The topological polar surface area (TPSA) is 78.2 Å². The predicted octanol–water partition coefficient (Wildman–Crippen LogP) is 2.23. The van der Waals surface area contributed by atoms with Gasteiger partial charge in [0, 0.05) is 18.7 Å². The molecule has 0 spiro atoms. The number of benzene rings is 1. The third-order valence-corrected chi connectivity index (χ3v) is 6.53. The molecule has 23 heavy (non-hydrogen) atoms. The average molecular weight is 334 g/mol. The highest BCUT2D eigenvalue weighted by Crippen LogP contribution is 2.21. The standard InChI is InChI=1S/C17H22N2O3S/c1-13(2)12-23(21,22)16-4-3-9-19(11-16)17(20)15-7-5-14(10-18)6-8-15/h5-8,13,16H,3-4,9,11-12H2,1-2H3/t16-/m0/s1. The summed E-state index contributed by atoms with van der Waals surface area (Å²) in [4.78, 5) is 14.2. The number of carbonyl (C=O) groups is 1. The van der Waals surface area contributed by atoms with E-state index in [9.17, 15) is 13.2 Å². The van der Waals surface area contributed by atoms with Crippen LogP contribution in [0.4, 0.5) is 0 Å². The molecule has 1 saturated heterocycles. The first-order chi connectivity index (χ1) is 10.8. The number of rotatable bonds is 4. The van der Waals surface area contributed by atoms with Crippen molar-refractivity contribution in [3.63, 3.8) is 0 Å². The minimum atomic E-state index is -3.18. The van der Waals surface area contributed by atoms with Gasteiger partial charge in [-0.15, -0.1) is 0 Å². The molecular formula is C17H22N2O3S. The zero-order chi connectivity index (χ0) is 17.0. The molecule has 1 heterocycles. The Balaban J connectivity index is 2.11. The Kier molecular flexibility index (Phi) is 5.42. The number of sulfone groups is 1. The fourth-order valence-electron chi connectivity index (χ4n) is 2.89. The highest BCUT2D eigenvalue weighted by molar-refractivity contribution is 7.92. The monoisotopic (exact) mass is 334 g/mol. The molecule has 0 aromatic heterocycles. The van der Waals surface area contributed by atoms with Gasteiger partial charge in [0.2, 0.25) is 0 Å². The molecular weight excluding hydrogens is 312 g/mol. The maximum absolute atomic E-state index is 12.5. The molecule has 1 fully saturated rings. The molecule has 1 atom stereocenters. The van der Waals surface area contributed by atoms with E-state index in [1.165, 1.54) is 0 Å². The van der Waals surface area contributed by atoms with Gasteiger partial charge in [-0.2, -0.15) is 5.26 Å². The van der Waals surface area contributed by atoms with Crippen LogP contribution in [0.25, 0.3) is 0 Å². The first-order valence-electron chi connectivity index (χ1n) is 7.84. The predicted molar refractivity (Wildman–Crippen MR) is 88.7 cm³/mol. The SMILES string of the molecule is CC(C)CS(=O)(=O)[C@H]1CCCN(C(=O)c2ccc(C#N)cc2)C1. The van der Waals surface area contributed by atoms with Gasteiger partial charge in [0.25, 0.3) is 5.91 Å². The van der Waals surface area contributed by atoms with Crippen LogP contribution in [-0.4, -0.2) is 43.3 Å². The van der Waals surface area contributed by atoms with E-state index >= 15 is 0 Å². The summed E-state index contributed by atoms with van der Waals surface area (Å²) in [7, 11) is -3.18. The molecule has 124 valence electrons. The second-order valence-electron chi connectivity index (χ2n) is 6.43. The van der Waals surface area contributed by atoms with Crippen LogP contribution in [0.1, 0.15) is 42.6 Å². The Morgan fingerprint density at radius 2 is 2.00 bits per heavy atom. The normalized spacial score (nSPS) is 18.7. The van der Waals surface area contributed by atoms with E-state index in [4.69, 9.17) is 5.26 Å². The lowest BCUT2D eigenvalue weighted by molar-refractivity contribution is 0.0727. The Morgan fingerprint density at radius 1 is 1.35 bits per heavy atom. The number of likely N-dealkylation sites (tertiary alicyclic amines) is 1. The fourth-order valence-corrected chi connectivity index (χ4v) is 5.02. The molecule has 0 bridgehead atoms. The van der Waals surface area contributed by atoms with Crippen LogP contribution in [0.3, 0.4) is 0 Å².